The van der Waals surface area contributed by atoms with Gasteiger partial charge in [-0.05, 0) is 12.8 Å². The van der Waals surface area contributed by atoms with Crippen molar-refractivity contribution in [3.05, 3.63) is 5.38 Å². The number of hydrogen-bond donors (Lipinski definition) is 3. The van der Waals surface area contributed by atoms with Gasteiger partial charge in [0, 0.05) is 18.0 Å². The summed E-state index contributed by atoms with van der Waals surface area (Å²) in [4.78, 5) is 0. The number of hydrogen-bond acceptors (Lipinski definition) is 7. The lowest BCUT2D eigenvalue weighted by Gasteiger charge is -2.21. The maximum Gasteiger partial charge on any atom is 0.269 e. The van der Waals surface area contributed by atoms with Crippen LogP contribution < -0.4 is 11.1 Å². The van der Waals surface area contributed by atoms with Crippen molar-refractivity contribution in [1.82, 2.24) is 10.0 Å². The Bertz CT molecular complexity index is 846. The average molecular weight is 392 g/mol. The summed E-state index contributed by atoms with van der Waals surface area (Å²) >= 11 is -1.08. The van der Waals surface area contributed by atoms with E-state index in [0.717, 1.165) is 11.3 Å². The molecule has 2 aliphatic rings. The van der Waals surface area contributed by atoms with Crippen LogP contribution in [-0.4, -0.2) is 58.0 Å². The van der Waals surface area contributed by atoms with Crippen LogP contribution in [0.25, 0.3) is 0 Å². The molecule has 1 radical (unpaired) electrons. The van der Waals surface area contributed by atoms with Crippen molar-refractivity contribution in [3.8, 4) is 5.75 Å². The highest BCUT2D eigenvalue weighted by Crippen LogP contribution is 2.40. The monoisotopic (exact) mass is 392 g/mol. The van der Waals surface area contributed by atoms with Crippen molar-refractivity contribution in [2.75, 3.05) is 18.5 Å². The van der Waals surface area contributed by atoms with E-state index >= 15 is 0 Å². The van der Waals surface area contributed by atoms with Crippen LogP contribution in [0.1, 0.15) is 12.8 Å². The van der Waals surface area contributed by atoms with Crippen molar-refractivity contribution in [1.29, 1.82) is 0 Å². The largest absolute Gasteiger partial charge is 0.504 e. The summed E-state index contributed by atoms with van der Waals surface area (Å²) in [6.07, 6.45) is 1.21. The number of aromatic hydroxyl groups is 1. The average Bonchev–Trinajstić information content (AvgIpc) is 3.20. The van der Waals surface area contributed by atoms with Gasteiger partial charge in [-0.15, -0.1) is 20.1 Å². The molecule has 131 valence electrons. The molecule has 4 N–H and O–H groups in total. The minimum Gasteiger partial charge on any atom is -0.504 e. The van der Waals surface area contributed by atoms with Crippen LogP contribution in [0.5, 0.6) is 5.75 Å². The van der Waals surface area contributed by atoms with E-state index in [0.29, 0.717) is 12.8 Å². The second kappa shape index (κ2) is 6.40. The zero-order valence-corrected chi connectivity index (χ0v) is 14.6. The number of nitrogens with one attached hydrogen (secondary N) is 2. The Morgan fingerprint density at radius 1 is 1.50 bits per heavy atom. The number of thiophene rings is 1. The molecule has 2 aliphatic heterocycles. The highest BCUT2D eigenvalue weighted by atomic mass is 32.2. The summed E-state index contributed by atoms with van der Waals surface area (Å²) in [5, 5.41) is 23.5. The first kappa shape index (κ1) is 17.3. The SMILES string of the molecule is [NH]C1=NS(=O)N=C1Nc1csc(S(=O)(=O)N2CCCC2CO)c1O. The van der Waals surface area contributed by atoms with Crippen molar-refractivity contribution in [3.63, 3.8) is 0 Å². The molecule has 2 unspecified atom stereocenters. The maximum absolute atomic E-state index is 12.7. The number of aliphatic hydroxyl groups excluding tert-OH is 1. The molecule has 13 heteroatoms. The van der Waals surface area contributed by atoms with Crippen LogP contribution in [0.4, 0.5) is 5.69 Å². The lowest BCUT2D eigenvalue weighted by Crippen LogP contribution is -2.37. The Hall–Kier alpha value is -1.54. The minimum absolute atomic E-state index is 0.0379. The molecule has 0 amide bonds. The lowest BCUT2D eigenvalue weighted by atomic mass is 10.2. The van der Waals surface area contributed by atoms with Crippen LogP contribution >= 0.6 is 11.3 Å². The van der Waals surface area contributed by atoms with Gasteiger partial charge in [0.15, 0.2) is 15.8 Å². The van der Waals surface area contributed by atoms with Crippen molar-refractivity contribution >= 4 is 49.9 Å². The Labute approximate surface area is 144 Å². The molecular formula is C11H14N5O5S3. The highest BCUT2D eigenvalue weighted by molar-refractivity contribution is 7.91. The summed E-state index contributed by atoms with van der Waals surface area (Å²) in [7, 11) is -3.94. The number of sulfonamides is 1. The summed E-state index contributed by atoms with van der Waals surface area (Å²) in [6, 6.07) is -0.499. The van der Waals surface area contributed by atoms with Gasteiger partial charge < -0.3 is 15.5 Å². The fourth-order valence-electron chi connectivity index (χ4n) is 2.49. The first-order valence-corrected chi connectivity index (χ1v) is 10.2. The van der Waals surface area contributed by atoms with Gasteiger partial charge in [-0.2, -0.15) is 4.31 Å². The Kier molecular flexibility index (Phi) is 4.61. The maximum atomic E-state index is 12.7. The minimum atomic E-state index is -3.94. The second-order valence-corrected chi connectivity index (χ2v) is 8.91. The highest BCUT2D eigenvalue weighted by Gasteiger charge is 2.38. The molecule has 1 aromatic heterocycles. The van der Waals surface area contributed by atoms with Gasteiger partial charge in [0.1, 0.15) is 0 Å². The van der Waals surface area contributed by atoms with E-state index in [1.165, 1.54) is 9.69 Å². The molecule has 0 saturated carbocycles. The van der Waals surface area contributed by atoms with E-state index < -0.39 is 33.0 Å². The van der Waals surface area contributed by atoms with Gasteiger partial charge >= 0.3 is 0 Å². The zero-order valence-electron chi connectivity index (χ0n) is 12.2. The summed E-state index contributed by atoms with van der Waals surface area (Å²) in [5.74, 6) is -0.959. The van der Waals surface area contributed by atoms with E-state index in [4.69, 9.17) is 5.73 Å². The molecule has 2 atom stereocenters. The standard InChI is InChI=1S/C11H14N5O5S3/c12-9-10(15-23(19)14-9)13-7-5-22-11(8(7)18)24(20,21)16-3-1-2-6(16)4-17/h5-6,12,17-18H,1-4H2,(H,13,15). The number of anilines is 1. The third-order valence-corrected chi connectivity index (χ3v) is 7.74. The molecule has 1 fully saturated rings. The predicted octanol–water partition coefficient (Wildman–Crippen LogP) is -0.317. The third-order valence-electron chi connectivity index (χ3n) is 3.63. The molecule has 0 spiro atoms. The van der Waals surface area contributed by atoms with Gasteiger partial charge in [-0.1, -0.05) is 0 Å². The number of aliphatic hydroxyl groups is 1. The number of amidine groups is 2. The van der Waals surface area contributed by atoms with E-state index in [-0.39, 0.29) is 34.7 Å². The van der Waals surface area contributed by atoms with E-state index in [1.807, 2.05) is 0 Å². The third kappa shape index (κ3) is 2.93. The van der Waals surface area contributed by atoms with Gasteiger partial charge in [-0.3, -0.25) is 5.73 Å². The van der Waals surface area contributed by atoms with E-state index in [9.17, 15) is 22.8 Å². The lowest BCUT2D eigenvalue weighted by molar-refractivity contribution is 0.213. The first-order chi connectivity index (χ1) is 11.3. The molecule has 10 nitrogen and oxygen atoms in total. The second-order valence-electron chi connectivity index (χ2n) is 5.12. The first-order valence-electron chi connectivity index (χ1n) is 6.86. The van der Waals surface area contributed by atoms with Crippen LogP contribution in [0, 0.1) is 0 Å². The Morgan fingerprint density at radius 2 is 2.25 bits per heavy atom. The van der Waals surface area contributed by atoms with Crippen LogP contribution in [0.3, 0.4) is 0 Å². The van der Waals surface area contributed by atoms with Crippen molar-refractivity contribution in [2.45, 2.75) is 23.1 Å². The fourth-order valence-corrected chi connectivity index (χ4v) is 6.10. The van der Waals surface area contributed by atoms with Gasteiger partial charge in [0.25, 0.3) is 21.2 Å². The topological polar surface area (TPSA) is 155 Å². The summed E-state index contributed by atoms with van der Waals surface area (Å²) in [5.41, 5.74) is 7.53. The van der Waals surface area contributed by atoms with Crippen LogP contribution in [0.2, 0.25) is 0 Å². The normalized spacial score (nSPS) is 24.9. The number of rotatable bonds is 4. The Balaban J connectivity index is 1.89. The summed E-state index contributed by atoms with van der Waals surface area (Å²) in [6.45, 7) is 0.000634. The van der Waals surface area contributed by atoms with Gasteiger partial charge in [-0.25, -0.2) is 12.6 Å². The Morgan fingerprint density at radius 3 is 2.88 bits per heavy atom. The molecule has 3 rings (SSSR count). The quantitative estimate of drug-likeness (QED) is 0.638. The zero-order chi connectivity index (χ0) is 17.5. The predicted molar refractivity (Wildman–Crippen MR) is 89.7 cm³/mol. The van der Waals surface area contributed by atoms with Crippen molar-refractivity contribution < 1.29 is 22.8 Å². The van der Waals surface area contributed by atoms with E-state index in [1.54, 1.807) is 0 Å². The molecule has 24 heavy (non-hydrogen) atoms. The fraction of sp³-hybridized carbons (Fsp3) is 0.455. The van der Waals surface area contributed by atoms with Crippen molar-refractivity contribution in [2.24, 2.45) is 8.80 Å². The molecule has 3 heterocycles. The molecule has 0 aromatic carbocycles. The van der Waals surface area contributed by atoms with E-state index in [2.05, 4.69) is 14.1 Å². The molecule has 1 saturated heterocycles. The van der Waals surface area contributed by atoms with Crippen LogP contribution in [-0.2, 0) is 21.2 Å². The van der Waals surface area contributed by atoms with Gasteiger partial charge in [0.05, 0.1) is 12.3 Å². The molecule has 1 aromatic rings. The smallest absolute Gasteiger partial charge is 0.269 e. The molecule has 0 bridgehead atoms. The number of nitrogens with zero attached hydrogens (tertiary/aromatic N) is 3. The van der Waals surface area contributed by atoms with Crippen LogP contribution in [0.15, 0.2) is 18.4 Å². The molecular weight excluding hydrogens is 378 g/mol. The van der Waals surface area contributed by atoms with Gasteiger partial charge in [0.2, 0.25) is 5.84 Å². The summed E-state index contributed by atoms with van der Waals surface area (Å²) < 4.78 is 44.4. The molecule has 0 aliphatic carbocycles.